The van der Waals surface area contributed by atoms with Crippen LogP contribution in [0.15, 0.2) is 24.3 Å². The lowest BCUT2D eigenvalue weighted by Gasteiger charge is -2.42. The Morgan fingerprint density at radius 1 is 1.00 bits per heavy atom. The van der Waals surface area contributed by atoms with E-state index in [1.54, 1.807) is 0 Å². The van der Waals surface area contributed by atoms with E-state index in [2.05, 4.69) is 32.1 Å². The van der Waals surface area contributed by atoms with Gasteiger partial charge in [-0.3, -0.25) is 0 Å². The van der Waals surface area contributed by atoms with Crippen molar-refractivity contribution in [1.29, 1.82) is 0 Å². The summed E-state index contributed by atoms with van der Waals surface area (Å²) in [7, 11) is 0. The van der Waals surface area contributed by atoms with E-state index in [0.29, 0.717) is 11.8 Å². The second-order valence-corrected chi connectivity index (χ2v) is 9.12. The summed E-state index contributed by atoms with van der Waals surface area (Å²) < 4.78 is 14.7. The number of allylic oxidation sites excluding steroid dienone is 2. The lowest BCUT2D eigenvalue weighted by Crippen LogP contribution is -2.30. The number of rotatable bonds is 2. The molecule has 4 rings (SSSR count). The highest BCUT2D eigenvalue weighted by molar-refractivity contribution is 5.37. The highest BCUT2D eigenvalue weighted by atomic mass is 19.1. The summed E-state index contributed by atoms with van der Waals surface area (Å²) in [6, 6.07) is 4.27. The molecule has 1 aromatic rings. The van der Waals surface area contributed by atoms with Crippen molar-refractivity contribution < 1.29 is 4.39 Å². The fraction of sp³-hybridized carbons (Fsp3) is 0.667. The Kier molecular flexibility index (Phi) is 5.02. The third kappa shape index (κ3) is 3.57. The Labute approximate surface area is 152 Å². The van der Waals surface area contributed by atoms with Gasteiger partial charge in [-0.25, -0.2) is 4.39 Å². The van der Waals surface area contributed by atoms with Gasteiger partial charge in [-0.05, 0) is 117 Å². The monoisotopic (exact) mass is 340 g/mol. The van der Waals surface area contributed by atoms with Gasteiger partial charge in [0.25, 0.3) is 0 Å². The molecule has 0 aromatic heterocycles. The fourth-order valence-electron chi connectivity index (χ4n) is 5.93. The van der Waals surface area contributed by atoms with Gasteiger partial charge in [0.15, 0.2) is 0 Å². The molecule has 0 nitrogen and oxygen atoms in total. The van der Waals surface area contributed by atoms with Crippen molar-refractivity contribution in [3.8, 4) is 0 Å². The second kappa shape index (κ2) is 7.25. The molecule has 0 spiro atoms. The maximum atomic E-state index is 14.7. The van der Waals surface area contributed by atoms with E-state index in [1.807, 2.05) is 6.07 Å². The summed E-state index contributed by atoms with van der Waals surface area (Å²) in [4.78, 5) is 0. The molecule has 0 radical (unpaired) electrons. The van der Waals surface area contributed by atoms with Gasteiger partial charge >= 0.3 is 0 Å². The fourth-order valence-corrected chi connectivity index (χ4v) is 5.93. The Morgan fingerprint density at radius 3 is 2.64 bits per heavy atom. The maximum absolute atomic E-state index is 14.7. The van der Waals surface area contributed by atoms with Crippen molar-refractivity contribution in [2.24, 2.45) is 23.7 Å². The third-order valence-corrected chi connectivity index (χ3v) is 7.36. The van der Waals surface area contributed by atoms with Gasteiger partial charge in [0.05, 0.1) is 0 Å². The number of halogens is 1. The molecule has 25 heavy (non-hydrogen) atoms. The molecule has 0 aliphatic heterocycles. The van der Waals surface area contributed by atoms with Gasteiger partial charge in [-0.1, -0.05) is 25.1 Å². The van der Waals surface area contributed by atoms with Crippen LogP contribution in [0, 0.1) is 29.5 Å². The maximum Gasteiger partial charge on any atom is 0.126 e. The smallest absolute Gasteiger partial charge is 0.126 e. The van der Waals surface area contributed by atoms with E-state index in [0.717, 1.165) is 36.2 Å². The molecule has 136 valence electrons. The van der Waals surface area contributed by atoms with E-state index in [-0.39, 0.29) is 5.82 Å². The first-order valence-electron chi connectivity index (χ1n) is 10.6. The van der Waals surface area contributed by atoms with Crippen LogP contribution in [0.25, 0.3) is 0 Å². The number of hydrogen-bond donors (Lipinski definition) is 0. The second-order valence-electron chi connectivity index (χ2n) is 9.12. The average molecular weight is 341 g/mol. The van der Waals surface area contributed by atoms with Gasteiger partial charge in [0, 0.05) is 0 Å². The number of aryl methyl sites for hydroxylation is 1. The van der Waals surface area contributed by atoms with E-state index in [9.17, 15) is 4.39 Å². The van der Waals surface area contributed by atoms with Crippen molar-refractivity contribution in [2.75, 3.05) is 0 Å². The average Bonchev–Trinajstić information content (AvgIpc) is 2.62. The van der Waals surface area contributed by atoms with Crippen LogP contribution in [0.5, 0.6) is 0 Å². The molecule has 2 saturated carbocycles. The van der Waals surface area contributed by atoms with E-state index in [4.69, 9.17) is 0 Å². The van der Waals surface area contributed by atoms with Gasteiger partial charge in [0.2, 0.25) is 0 Å². The van der Waals surface area contributed by atoms with Gasteiger partial charge in [0.1, 0.15) is 5.82 Å². The summed E-state index contributed by atoms with van der Waals surface area (Å²) in [5, 5.41) is 0. The molecule has 0 bridgehead atoms. The molecule has 0 saturated heterocycles. The summed E-state index contributed by atoms with van der Waals surface area (Å²) in [6.45, 7) is 4.40. The van der Waals surface area contributed by atoms with E-state index < -0.39 is 0 Å². The SMILES string of the molecule is C/C=C/C1CCC2CC(c3cc(F)c4c(c3)CCC(C)C4)CCC2C1. The first-order chi connectivity index (χ1) is 12.1. The zero-order valence-corrected chi connectivity index (χ0v) is 15.9. The minimum absolute atomic E-state index is 0.0814. The number of benzene rings is 1. The predicted octanol–water partition coefficient (Wildman–Crippen LogP) is 6.83. The molecule has 5 atom stereocenters. The Hall–Kier alpha value is -1.11. The first kappa shape index (κ1) is 17.3. The Bertz CT molecular complexity index is 644. The molecule has 3 aliphatic rings. The standard InChI is InChI=1S/C24H33F/c1-3-4-17-6-8-19-13-20(10-9-18(19)12-17)22-14-21-7-5-16(2)11-23(21)24(25)15-22/h3-4,14-20H,5-13H2,1-2H3/b4-3+. The third-order valence-electron chi connectivity index (χ3n) is 7.36. The number of hydrogen-bond acceptors (Lipinski definition) is 0. The molecule has 0 amide bonds. The van der Waals surface area contributed by atoms with Crippen LogP contribution in [0.3, 0.4) is 0 Å². The van der Waals surface area contributed by atoms with Crippen molar-refractivity contribution in [1.82, 2.24) is 0 Å². The zero-order chi connectivity index (χ0) is 17.4. The summed E-state index contributed by atoms with van der Waals surface area (Å²) in [6.07, 6.45) is 15.9. The summed E-state index contributed by atoms with van der Waals surface area (Å²) in [5.41, 5.74) is 3.63. The number of fused-ring (bicyclic) bond motifs is 2. The minimum atomic E-state index is 0.0814. The molecule has 1 aromatic carbocycles. The van der Waals surface area contributed by atoms with Crippen molar-refractivity contribution in [3.05, 3.63) is 46.8 Å². The molecule has 3 aliphatic carbocycles. The molecule has 1 heteroatoms. The molecular weight excluding hydrogens is 307 g/mol. The quantitative estimate of drug-likeness (QED) is 0.518. The molecule has 0 N–H and O–H groups in total. The van der Waals surface area contributed by atoms with Crippen LogP contribution in [0.2, 0.25) is 0 Å². The van der Waals surface area contributed by atoms with Gasteiger partial charge in [-0.15, -0.1) is 0 Å². The highest BCUT2D eigenvalue weighted by Crippen LogP contribution is 2.48. The van der Waals surface area contributed by atoms with Crippen molar-refractivity contribution >= 4 is 0 Å². The first-order valence-corrected chi connectivity index (χ1v) is 10.6. The van der Waals surface area contributed by atoms with E-state index in [1.165, 1.54) is 56.1 Å². The van der Waals surface area contributed by atoms with Crippen molar-refractivity contribution in [3.63, 3.8) is 0 Å². The van der Waals surface area contributed by atoms with Gasteiger partial charge < -0.3 is 0 Å². The Morgan fingerprint density at radius 2 is 1.80 bits per heavy atom. The Balaban J connectivity index is 1.48. The van der Waals surface area contributed by atoms with Crippen LogP contribution in [0.4, 0.5) is 4.39 Å². The normalized spacial score (nSPS) is 35.4. The molecule has 2 fully saturated rings. The summed E-state index contributed by atoms with van der Waals surface area (Å²) in [5.74, 6) is 3.91. The van der Waals surface area contributed by atoms with E-state index >= 15 is 0 Å². The van der Waals surface area contributed by atoms with Crippen molar-refractivity contribution in [2.45, 2.75) is 77.6 Å². The minimum Gasteiger partial charge on any atom is -0.207 e. The topological polar surface area (TPSA) is 0 Å². The predicted molar refractivity (Wildman–Crippen MR) is 103 cm³/mol. The van der Waals surface area contributed by atoms with Crippen LogP contribution < -0.4 is 0 Å². The van der Waals surface area contributed by atoms with Crippen LogP contribution in [0.1, 0.15) is 81.4 Å². The molecule has 0 heterocycles. The largest absolute Gasteiger partial charge is 0.207 e. The zero-order valence-electron chi connectivity index (χ0n) is 15.9. The lowest BCUT2D eigenvalue weighted by atomic mass is 9.63. The van der Waals surface area contributed by atoms with Crippen LogP contribution in [-0.4, -0.2) is 0 Å². The van der Waals surface area contributed by atoms with Crippen LogP contribution in [-0.2, 0) is 12.8 Å². The molecule has 5 unspecified atom stereocenters. The van der Waals surface area contributed by atoms with Crippen LogP contribution >= 0.6 is 0 Å². The van der Waals surface area contributed by atoms with Gasteiger partial charge in [-0.2, -0.15) is 0 Å². The summed E-state index contributed by atoms with van der Waals surface area (Å²) >= 11 is 0. The molecular formula is C24H33F. The highest BCUT2D eigenvalue weighted by Gasteiger charge is 2.35. The lowest BCUT2D eigenvalue weighted by molar-refractivity contribution is 0.133.